The Kier molecular flexibility index (Phi) is 2.35. The first-order valence-corrected chi connectivity index (χ1v) is 4.19. The van der Waals surface area contributed by atoms with Gasteiger partial charge in [-0.25, -0.2) is 0 Å². The van der Waals surface area contributed by atoms with Crippen molar-refractivity contribution in [1.82, 2.24) is 15.0 Å². The Hall–Kier alpha value is -1.06. The van der Waals surface area contributed by atoms with Crippen molar-refractivity contribution in [3.8, 4) is 0 Å². The van der Waals surface area contributed by atoms with Gasteiger partial charge in [0.1, 0.15) is 0 Å². The molecule has 2 N–H and O–H groups in total. The van der Waals surface area contributed by atoms with E-state index in [1.54, 1.807) is 11.0 Å². The molecule has 0 bridgehead atoms. The SMILES string of the molecule is CCC(C)(C)Cn1ncc(N)n1. The molecule has 0 aliphatic heterocycles. The molecule has 0 radical (unpaired) electrons. The summed E-state index contributed by atoms with van der Waals surface area (Å²) in [5.41, 5.74) is 5.69. The van der Waals surface area contributed by atoms with Crippen LogP contribution in [0.4, 0.5) is 5.82 Å². The van der Waals surface area contributed by atoms with Crippen LogP contribution < -0.4 is 5.73 Å². The van der Waals surface area contributed by atoms with Gasteiger partial charge in [-0.15, -0.1) is 5.10 Å². The highest BCUT2D eigenvalue weighted by Crippen LogP contribution is 2.21. The van der Waals surface area contributed by atoms with E-state index in [0.717, 1.165) is 13.0 Å². The Labute approximate surface area is 72.8 Å². The molecule has 1 aromatic rings. The molecule has 0 aliphatic rings. The Morgan fingerprint density at radius 1 is 1.58 bits per heavy atom. The number of anilines is 1. The molecule has 0 aromatic carbocycles. The number of nitrogens with two attached hydrogens (primary N) is 1. The summed E-state index contributed by atoms with van der Waals surface area (Å²) in [6.45, 7) is 7.35. The van der Waals surface area contributed by atoms with E-state index in [-0.39, 0.29) is 5.41 Å². The third-order valence-corrected chi connectivity index (χ3v) is 2.08. The predicted octanol–water partition coefficient (Wildman–Crippen LogP) is 1.30. The minimum Gasteiger partial charge on any atom is -0.381 e. The molecule has 0 saturated heterocycles. The smallest absolute Gasteiger partial charge is 0.165 e. The first-order chi connectivity index (χ1) is 5.53. The molecule has 0 saturated carbocycles. The van der Waals surface area contributed by atoms with Gasteiger partial charge < -0.3 is 5.73 Å². The number of hydrogen-bond acceptors (Lipinski definition) is 3. The van der Waals surface area contributed by atoms with E-state index in [1.165, 1.54) is 0 Å². The first-order valence-electron chi connectivity index (χ1n) is 4.19. The van der Waals surface area contributed by atoms with Crippen LogP contribution in [0.5, 0.6) is 0 Å². The van der Waals surface area contributed by atoms with Crippen molar-refractivity contribution in [1.29, 1.82) is 0 Å². The quantitative estimate of drug-likeness (QED) is 0.740. The van der Waals surface area contributed by atoms with E-state index in [1.807, 2.05) is 0 Å². The maximum absolute atomic E-state index is 5.44. The minimum absolute atomic E-state index is 0.242. The second-order valence-electron chi connectivity index (χ2n) is 3.82. The summed E-state index contributed by atoms with van der Waals surface area (Å²) in [6, 6.07) is 0. The average Bonchev–Trinajstić information content (AvgIpc) is 2.35. The Morgan fingerprint density at radius 2 is 2.25 bits per heavy atom. The lowest BCUT2D eigenvalue weighted by molar-refractivity contribution is 0.263. The summed E-state index contributed by atoms with van der Waals surface area (Å²) < 4.78 is 0. The van der Waals surface area contributed by atoms with Crippen LogP contribution in [-0.2, 0) is 6.54 Å². The zero-order valence-corrected chi connectivity index (χ0v) is 7.91. The van der Waals surface area contributed by atoms with Crippen LogP contribution in [-0.4, -0.2) is 15.0 Å². The molecule has 1 rings (SSSR count). The molecule has 4 heteroatoms. The van der Waals surface area contributed by atoms with Gasteiger partial charge in [-0.3, -0.25) is 0 Å². The molecule has 0 unspecified atom stereocenters. The third-order valence-electron chi connectivity index (χ3n) is 2.08. The van der Waals surface area contributed by atoms with Crippen LogP contribution in [0, 0.1) is 5.41 Å². The van der Waals surface area contributed by atoms with Crippen LogP contribution in [0.15, 0.2) is 6.20 Å². The summed E-state index contributed by atoms with van der Waals surface area (Å²) in [7, 11) is 0. The molecule has 0 spiro atoms. The van der Waals surface area contributed by atoms with Crippen molar-refractivity contribution < 1.29 is 0 Å². The van der Waals surface area contributed by atoms with Crippen LogP contribution >= 0.6 is 0 Å². The van der Waals surface area contributed by atoms with E-state index < -0.39 is 0 Å². The van der Waals surface area contributed by atoms with Crippen molar-refractivity contribution in [3.05, 3.63) is 6.20 Å². The highest BCUT2D eigenvalue weighted by molar-refractivity contribution is 5.19. The van der Waals surface area contributed by atoms with Crippen molar-refractivity contribution in [2.45, 2.75) is 33.7 Å². The fraction of sp³-hybridized carbons (Fsp3) is 0.750. The van der Waals surface area contributed by atoms with Crippen LogP contribution in [0.1, 0.15) is 27.2 Å². The van der Waals surface area contributed by atoms with E-state index in [4.69, 9.17) is 5.73 Å². The fourth-order valence-electron chi connectivity index (χ4n) is 0.882. The van der Waals surface area contributed by atoms with Gasteiger partial charge in [0, 0.05) is 0 Å². The van der Waals surface area contributed by atoms with Gasteiger partial charge in [-0.1, -0.05) is 20.8 Å². The summed E-state index contributed by atoms with van der Waals surface area (Å²) >= 11 is 0. The lowest BCUT2D eigenvalue weighted by Gasteiger charge is -2.20. The lowest BCUT2D eigenvalue weighted by Crippen LogP contribution is -2.20. The van der Waals surface area contributed by atoms with E-state index >= 15 is 0 Å². The summed E-state index contributed by atoms with van der Waals surface area (Å²) in [4.78, 5) is 1.65. The fourth-order valence-corrected chi connectivity index (χ4v) is 0.882. The molecule has 12 heavy (non-hydrogen) atoms. The van der Waals surface area contributed by atoms with Gasteiger partial charge in [0.05, 0.1) is 12.7 Å². The average molecular weight is 168 g/mol. The normalized spacial score (nSPS) is 11.9. The van der Waals surface area contributed by atoms with E-state index in [0.29, 0.717) is 5.82 Å². The van der Waals surface area contributed by atoms with Gasteiger partial charge in [0.15, 0.2) is 5.82 Å². The summed E-state index contributed by atoms with van der Waals surface area (Å²) in [5.74, 6) is 0.488. The highest BCUT2D eigenvalue weighted by atomic mass is 15.5. The van der Waals surface area contributed by atoms with E-state index in [2.05, 4.69) is 31.0 Å². The van der Waals surface area contributed by atoms with Gasteiger partial charge in [-0.05, 0) is 11.8 Å². The molecule has 0 atom stereocenters. The summed E-state index contributed by atoms with van der Waals surface area (Å²) in [5, 5.41) is 8.06. The van der Waals surface area contributed by atoms with Crippen molar-refractivity contribution in [3.63, 3.8) is 0 Å². The largest absolute Gasteiger partial charge is 0.381 e. The first kappa shape index (κ1) is 9.03. The van der Waals surface area contributed by atoms with Crippen LogP contribution in [0.2, 0.25) is 0 Å². The molecule has 68 valence electrons. The van der Waals surface area contributed by atoms with Crippen LogP contribution in [0.25, 0.3) is 0 Å². The number of rotatable bonds is 3. The molecule has 1 heterocycles. The molecule has 0 aliphatic carbocycles. The van der Waals surface area contributed by atoms with Crippen LogP contribution in [0.3, 0.4) is 0 Å². The van der Waals surface area contributed by atoms with Crippen molar-refractivity contribution in [2.24, 2.45) is 5.41 Å². The van der Waals surface area contributed by atoms with Crippen molar-refractivity contribution >= 4 is 5.82 Å². The monoisotopic (exact) mass is 168 g/mol. The molecule has 0 fully saturated rings. The molecular formula is C8H16N4. The molecular weight excluding hydrogens is 152 g/mol. The van der Waals surface area contributed by atoms with Gasteiger partial charge >= 0.3 is 0 Å². The second-order valence-corrected chi connectivity index (χ2v) is 3.82. The topological polar surface area (TPSA) is 56.7 Å². The zero-order valence-electron chi connectivity index (χ0n) is 7.91. The number of hydrogen-bond donors (Lipinski definition) is 1. The second kappa shape index (κ2) is 3.13. The van der Waals surface area contributed by atoms with Gasteiger partial charge in [0.2, 0.25) is 0 Å². The maximum atomic E-state index is 5.44. The molecule has 4 nitrogen and oxygen atoms in total. The summed E-state index contributed by atoms with van der Waals surface area (Å²) in [6.07, 6.45) is 2.68. The van der Waals surface area contributed by atoms with Gasteiger partial charge in [-0.2, -0.15) is 9.90 Å². The van der Waals surface area contributed by atoms with Gasteiger partial charge in [0.25, 0.3) is 0 Å². The standard InChI is InChI=1S/C8H16N4/c1-4-8(2,3)6-12-10-5-7(9)11-12/h5H,4,6H2,1-3H3,(H2,9,11). The highest BCUT2D eigenvalue weighted by Gasteiger charge is 2.16. The zero-order chi connectivity index (χ0) is 9.19. The number of aromatic nitrogens is 3. The van der Waals surface area contributed by atoms with E-state index in [9.17, 15) is 0 Å². The minimum atomic E-state index is 0.242. The lowest BCUT2D eigenvalue weighted by atomic mass is 9.91. The van der Waals surface area contributed by atoms with Crippen molar-refractivity contribution in [2.75, 3.05) is 5.73 Å². The molecule has 0 amide bonds. The Balaban J connectivity index is 2.63. The predicted molar refractivity (Wildman–Crippen MR) is 48.5 cm³/mol. The maximum Gasteiger partial charge on any atom is 0.165 e. The third kappa shape index (κ3) is 2.22. The molecule has 1 aromatic heterocycles. The number of nitrogen functional groups attached to an aromatic ring is 1. The Bertz CT molecular complexity index is 251. The Morgan fingerprint density at radius 3 is 2.67 bits per heavy atom. The number of nitrogens with zero attached hydrogens (tertiary/aromatic N) is 3.